The lowest BCUT2D eigenvalue weighted by atomic mass is 10.1. The Balaban J connectivity index is 2.54. The number of ether oxygens (including phenoxy) is 1. The van der Waals surface area contributed by atoms with Gasteiger partial charge in [0.1, 0.15) is 11.3 Å². The van der Waals surface area contributed by atoms with E-state index in [0.717, 1.165) is 18.4 Å². The number of hydrogen-bond acceptors (Lipinski definition) is 3. The Labute approximate surface area is 136 Å². The van der Waals surface area contributed by atoms with E-state index < -0.39 is 0 Å². The maximum Gasteiger partial charge on any atom is 0.256 e. The van der Waals surface area contributed by atoms with Crippen molar-refractivity contribution in [3.8, 4) is 5.75 Å². The van der Waals surface area contributed by atoms with Crippen molar-refractivity contribution < 1.29 is 9.53 Å². The fraction of sp³-hybridized carbons (Fsp3) is 0.444. The van der Waals surface area contributed by atoms with Gasteiger partial charge in [0.05, 0.1) is 18.0 Å². The SMILES string of the molecule is CCC[C@@H](C)NC(=O)c1cn(CC)c2ccc(OC)cc2c1=O. The van der Waals surface area contributed by atoms with Crippen LogP contribution in [0.2, 0.25) is 0 Å². The van der Waals surface area contributed by atoms with Crippen LogP contribution in [0.3, 0.4) is 0 Å². The third kappa shape index (κ3) is 3.55. The number of methoxy groups -OCH3 is 1. The van der Waals surface area contributed by atoms with Crippen molar-refractivity contribution in [2.24, 2.45) is 0 Å². The van der Waals surface area contributed by atoms with Crippen molar-refractivity contribution in [1.29, 1.82) is 0 Å². The molecule has 2 rings (SSSR count). The maximum atomic E-state index is 12.7. The molecular formula is C18H24N2O3. The van der Waals surface area contributed by atoms with E-state index in [-0.39, 0.29) is 22.9 Å². The zero-order chi connectivity index (χ0) is 17.0. The Kier molecular flexibility index (Phi) is 5.42. The number of aryl methyl sites for hydroxylation is 1. The lowest BCUT2D eigenvalue weighted by Gasteiger charge is -2.15. The molecule has 1 N–H and O–H groups in total. The van der Waals surface area contributed by atoms with Crippen LogP contribution in [0.4, 0.5) is 0 Å². The molecule has 5 nitrogen and oxygen atoms in total. The van der Waals surface area contributed by atoms with E-state index in [1.807, 2.05) is 30.5 Å². The first-order valence-corrected chi connectivity index (χ1v) is 8.03. The van der Waals surface area contributed by atoms with Crippen LogP contribution in [0.5, 0.6) is 5.75 Å². The van der Waals surface area contributed by atoms with E-state index in [2.05, 4.69) is 12.2 Å². The molecule has 0 saturated carbocycles. The Morgan fingerprint density at radius 3 is 2.70 bits per heavy atom. The topological polar surface area (TPSA) is 60.3 Å². The number of benzene rings is 1. The van der Waals surface area contributed by atoms with Crippen LogP contribution >= 0.6 is 0 Å². The molecule has 0 aliphatic rings. The summed E-state index contributed by atoms with van der Waals surface area (Å²) in [6.45, 7) is 6.67. The first-order valence-electron chi connectivity index (χ1n) is 8.03. The molecule has 1 atom stereocenters. The van der Waals surface area contributed by atoms with Crippen molar-refractivity contribution in [3.05, 3.63) is 40.2 Å². The van der Waals surface area contributed by atoms with E-state index in [1.54, 1.807) is 19.4 Å². The highest BCUT2D eigenvalue weighted by molar-refractivity contribution is 5.97. The first-order chi connectivity index (χ1) is 11.0. The van der Waals surface area contributed by atoms with Gasteiger partial charge in [0, 0.05) is 18.8 Å². The Morgan fingerprint density at radius 1 is 1.35 bits per heavy atom. The minimum absolute atomic E-state index is 0.0444. The van der Waals surface area contributed by atoms with Gasteiger partial charge < -0.3 is 14.6 Å². The third-order valence-electron chi connectivity index (χ3n) is 3.97. The number of hydrogen-bond donors (Lipinski definition) is 1. The highest BCUT2D eigenvalue weighted by atomic mass is 16.5. The van der Waals surface area contributed by atoms with Gasteiger partial charge in [0.25, 0.3) is 5.91 Å². The second kappa shape index (κ2) is 7.31. The summed E-state index contributed by atoms with van der Waals surface area (Å²) in [4.78, 5) is 25.2. The number of fused-ring (bicyclic) bond motifs is 1. The van der Waals surface area contributed by atoms with E-state index in [4.69, 9.17) is 4.74 Å². The number of pyridine rings is 1. The van der Waals surface area contributed by atoms with E-state index in [0.29, 0.717) is 17.7 Å². The van der Waals surface area contributed by atoms with Crippen LogP contribution in [0.1, 0.15) is 44.0 Å². The molecule has 5 heteroatoms. The van der Waals surface area contributed by atoms with Crippen molar-refractivity contribution in [2.45, 2.75) is 46.2 Å². The van der Waals surface area contributed by atoms with Gasteiger partial charge in [-0.05, 0) is 38.5 Å². The van der Waals surface area contributed by atoms with Crippen LogP contribution in [0.15, 0.2) is 29.2 Å². The standard InChI is InChI=1S/C18H24N2O3/c1-5-7-12(3)19-18(22)15-11-20(6-2)16-9-8-13(23-4)10-14(16)17(15)21/h8-12H,5-7H2,1-4H3,(H,19,22)/t12-/m1/s1. The van der Waals surface area contributed by atoms with Crippen LogP contribution in [-0.4, -0.2) is 23.6 Å². The number of nitrogens with one attached hydrogen (secondary N) is 1. The summed E-state index contributed by atoms with van der Waals surface area (Å²) in [5.74, 6) is 0.289. The molecule has 2 aromatic rings. The molecule has 1 heterocycles. The van der Waals surface area contributed by atoms with Crippen molar-refractivity contribution >= 4 is 16.8 Å². The minimum atomic E-state index is -0.317. The Hall–Kier alpha value is -2.30. The summed E-state index contributed by atoms with van der Waals surface area (Å²) in [6.07, 6.45) is 3.51. The number of nitrogens with zero attached hydrogens (tertiary/aromatic N) is 1. The van der Waals surface area contributed by atoms with Gasteiger partial charge in [-0.25, -0.2) is 0 Å². The van der Waals surface area contributed by atoms with Crippen LogP contribution in [-0.2, 0) is 6.54 Å². The second-order valence-electron chi connectivity index (χ2n) is 5.70. The molecule has 124 valence electrons. The highest BCUT2D eigenvalue weighted by Crippen LogP contribution is 2.19. The number of amides is 1. The molecule has 0 saturated heterocycles. The predicted octanol–water partition coefficient (Wildman–Crippen LogP) is 2.95. The molecular weight excluding hydrogens is 292 g/mol. The number of carbonyl (C=O) groups excluding carboxylic acids is 1. The minimum Gasteiger partial charge on any atom is -0.497 e. The molecule has 23 heavy (non-hydrogen) atoms. The fourth-order valence-corrected chi connectivity index (χ4v) is 2.73. The molecule has 0 radical (unpaired) electrons. The fourth-order valence-electron chi connectivity index (χ4n) is 2.73. The monoisotopic (exact) mass is 316 g/mol. The summed E-state index contributed by atoms with van der Waals surface area (Å²) in [5.41, 5.74) is 0.719. The Morgan fingerprint density at radius 2 is 2.09 bits per heavy atom. The van der Waals surface area contributed by atoms with Crippen molar-refractivity contribution in [3.63, 3.8) is 0 Å². The molecule has 0 unspecified atom stereocenters. The van der Waals surface area contributed by atoms with E-state index in [1.165, 1.54) is 0 Å². The Bertz CT molecular complexity index is 765. The molecule has 0 aliphatic heterocycles. The smallest absolute Gasteiger partial charge is 0.256 e. The lowest BCUT2D eigenvalue weighted by Crippen LogP contribution is -2.35. The van der Waals surface area contributed by atoms with Gasteiger partial charge in [0.2, 0.25) is 5.43 Å². The third-order valence-corrected chi connectivity index (χ3v) is 3.97. The second-order valence-corrected chi connectivity index (χ2v) is 5.70. The normalized spacial score (nSPS) is 12.2. The molecule has 1 aromatic heterocycles. The number of aromatic nitrogens is 1. The average molecular weight is 316 g/mol. The van der Waals surface area contributed by atoms with Crippen LogP contribution in [0.25, 0.3) is 10.9 Å². The van der Waals surface area contributed by atoms with Gasteiger partial charge >= 0.3 is 0 Å². The summed E-state index contributed by atoms with van der Waals surface area (Å²) in [7, 11) is 1.56. The maximum absolute atomic E-state index is 12.7. The first kappa shape index (κ1) is 17.1. The average Bonchev–Trinajstić information content (AvgIpc) is 2.55. The van der Waals surface area contributed by atoms with Gasteiger partial charge in [-0.3, -0.25) is 9.59 Å². The summed E-state index contributed by atoms with van der Waals surface area (Å²) in [6, 6.07) is 5.40. The van der Waals surface area contributed by atoms with Crippen LogP contribution < -0.4 is 15.5 Å². The highest BCUT2D eigenvalue weighted by Gasteiger charge is 2.17. The van der Waals surface area contributed by atoms with Gasteiger partial charge in [0.15, 0.2) is 0 Å². The summed E-state index contributed by atoms with van der Waals surface area (Å²) in [5, 5.41) is 3.40. The molecule has 1 amide bonds. The van der Waals surface area contributed by atoms with Crippen molar-refractivity contribution in [1.82, 2.24) is 9.88 Å². The summed E-state index contributed by atoms with van der Waals surface area (Å²) < 4.78 is 7.11. The molecule has 0 bridgehead atoms. The number of rotatable bonds is 6. The van der Waals surface area contributed by atoms with E-state index in [9.17, 15) is 9.59 Å². The van der Waals surface area contributed by atoms with Gasteiger partial charge in [-0.2, -0.15) is 0 Å². The molecule has 1 aromatic carbocycles. The predicted molar refractivity (Wildman–Crippen MR) is 92.3 cm³/mol. The zero-order valence-electron chi connectivity index (χ0n) is 14.2. The van der Waals surface area contributed by atoms with Gasteiger partial charge in [-0.1, -0.05) is 13.3 Å². The van der Waals surface area contributed by atoms with Crippen molar-refractivity contribution in [2.75, 3.05) is 7.11 Å². The largest absolute Gasteiger partial charge is 0.497 e. The van der Waals surface area contributed by atoms with Gasteiger partial charge in [-0.15, -0.1) is 0 Å². The zero-order valence-corrected chi connectivity index (χ0v) is 14.2. The lowest BCUT2D eigenvalue weighted by molar-refractivity contribution is 0.0936. The number of carbonyl (C=O) groups is 1. The summed E-state index contributed by atoms with van der Waals surface area (Å²) >= 11 is 0. The quantitative estimate of drug-likeness (QED) is 0.891. The molecule has 0 aliphatic carbocycles. The molecule has 0 spiro atoms. The van der Waals surface area contributed by atoms with Crippen LogP contribution in [0, 0.1) is 0 Å². The molecule has 0 fully saturated rings. The van der Waals surface area contributed by atoms with E-state index >= 15 is 0 Å².